The summed E-state index contributed by atoms with van der Waals surface area (Å²) < 4.78 is 40.9. The van der Waals surface area contributed by atoms with Crippen LogP contribution < -0.4 is 5.32 Å². The maximum atomic E-state index is 12.9. The zero-order chi connectivity index (χ0) is 23.9. The molecule has 0 bridgehead atoms. The van der Waals surface area contributed by atoms with E-state index in [2.05, 4.69) is 31.7 Å². The Morgan fingerprint density at radius 2 is 1.88 bits per heavy atom. The van der Waals surface area contributed by atoms with Crippen LogP contribution >= 0.6 is 0 Å². The summed E-state index contributed by atoms with van der Waals surface area (Å²) in [6.07, 6.45) is 0.716. The molecule has 1 aliphatic carbocycles. The molecule has 2 aromatic heterocycles. The number of hydrogen-bond acceptors (Lipinski definition) is 3. The third-order valence-electron chi connectivity index (χ3n) is 5.69. The van der Waals surface area contributed by atoms with Gasteiger partial charge >= 0.3 is 6.18 Å². The minimum atomic E-state index is -4.52. The van der Waals surface area contributed by atoms with E-state index < -0.39 is 17.6 Å². The zero-order valence-electron chi connectivity index (χ0n) is 18.1. The van der Waals surface area contributed by atoms with Crippen molar-refractivity contribution < 1.29 is 18.0 Å². The number of anilines is 1. The van der Waals surface area contributed by atoms with Crippen molar-refractivity contribution in [1.82, 2.24) is 14.5 Å². The zero-order valence-corrected chi connectivity index (χ0v) is 18.1. The van der Waals surface area contributed by atoms with Crippen LogP contribution in [0.5, 0.6) is 0 Å². The first-order chi connectivity index (χ1) is 16.3. The van der Waals surface area contributed by atoms with Crippen molar-refractivity contribution in [1.29, 1.82) is 0 Å². The van der Waals surface area contributed by atoms with Gasteiger partial charge in [0, 0.05) is 28.9 Å². The Kier molecular flexibility index (Phi) is 5.33. The molecule has 4 aromatic rings. The van der Waals surface area contributed by atoms with Crippen LogP contribution in [0.3, 0.4) is 0 Å². The summed E-state index contributed by atoms with van der Waals surface area (Å²) in [4.78, 5) is 20.9. The van der Waals surface area contributed by atoms with Crippen LogP contribution in [0, 0.1) is 18.8 Å². The van der Waals surface area contributed by atoms with Gasteiger partial charge in [-0.05, 0) is 67.8 Å². The molecule has 8 heteroatoms. The van der Waals surface area contributed by atoms with Crippen molar-refractivity contribution in [3.63, 3.8) is 0 Å². The second-order valence-electron chi connectivity index (χ2n) is 8.25. The monoisotopic (exact) mass is 460 g/mol. The normalized spacial score (nSPS) is 13.4. The fraction of sp³-hybridized carbons (Fsp3) is 0.192. The molecule has 1 N–H and O–H groups in total. The number of pyridine rings is 1. The summed E-state index contributed by atoms with van der Waals surface area (Å²) in [5, 5.41) is 2.42. The van der Waals surface area contributed by atoms with E-state index in [1.54, 1.807) is 18.2 Å². The second-order valence-corrected chi connectivity index (χ2v) is 8.25. The van der Waals surface area contributed by atoms with Crippen molar-refractivity contribution in [2.45, 2.75) is 32.0 Å². The average Bonchev–Trinajstić information content (AvgIpc) is 3.57. The Hall–Kier alpha value is -4.12. The van der Waals surface area contributed by atoms with Crippen LogP contribution in [0.4, 0.5) is 19.0 Å². The Labute approximate surface area is 193 Å². The molecule has 0 unspecified atom stereocenters. The third-order valence-corrected chi connectivity index (χ3v) is 5.69. The van der Waals surface area contributed by atoms with Crippen molar-refractivity contribution in [3.05, 3.63) is 88.9 Å². The number of amides is 1. The molecule has 0 atom stereocenters. The van der Waals surface area contributed by atoms with E-state index >= 15 is 0 Å². The molecule has 0 radical (unpaired) electrons. The summed E-state index contributed by atoms with van der Waals surface area (Å²) in [6.45, 7) is 1.88. The highest BCUT2D eigenvalue weighted by Crippen LogP contribution is 2.37. The van der Waals surface area contributed by atoms with Crippen molar-refractivity contribution in [3.8, 4) is 11.8 Å². The first kappa shape index (κ1) is 21.7. The van der Waals surface area contributed by atoms with E-state index in [-0.39, 0.29) is 11.4 Å². The van der Waals surface area contributed by atoms with Crippen LogP contribution in [0.25, 0.3) is 11.0 Å². The van der Waals surface area contributed by atoms with Gasteiger partial charge in [-0.1, -0.05) is 17.9 Å². The van der Waals surface area contributed by atoms with Gasteiger partial charge in [-0.15, -0.1) is 0 Å². The molecule has 0 aliphatic heterocycles. The summed E-state index contributed by atoms with van der Waals surface area (Å²) in [7, 11) is 0. The quantitative estimate of drug-likeness (QED) is 0.397. The predicted octanol–water partition coefficient (Wildman–Crippen LogP) is 5.75. The number of benzene rings is 2. The molecule has 0 spiro atoms. The Morgan fingerprint density at radius 3 is 2.65 bits per heavy atom. The molecule has 1 fully saturated rings. The van der Waals surface area contributed by atoms with E-state index in [0.29, 0.717) is 11.6 Å². The second kappa shape index (κ2) is 8.34. The van der Waals surface area contributed by atoms with E-state index in [0.717, 1.165) is 40.5 Å². The number of nitrogens with one attached hydrogen (secondary N) is 1. The lowest BCUT2D eigenvalue weighted by Crippen LogP contribution is -2.14. The number of halogens is 3. The summed E-state index contributed by atoms with van der Waals surface area (Å²) in [6, 6.07) is 13.1. The number of fused-ring (bicyclic) bond motifs is 1. The van der Waals surface area contributed by atoms with Crippen molar-refractivity contribution in [2.24, 2.45) is 0 Å². The number of aryl methyl sites for hydroxylation is 1. The molecule has 5 nitrogen and oxygen atoms in total. The molecule has 1 saturated carbocycles. The molecular weight excluding hydrogens is 441 g/mol. The van der Waals surface area contributed by atoms with Crippen LogP contribution in [-0.4, -0.2) is 20.4 Å². The third kappa shape index (κ3) is 4.50. The number of imidazole rings is 1. The highest BCUT2D eigenvalue weighted by molar-refractivity contribution is 6.04. The first-order valence-corrected chi connectivity index (χ1v) is 10.7. The molecule has 34 heavy (non-hydrogen) atoms. The topological polar surface area (TPSA) is 59.8 Å². The van der Waals surface area contributed by atoms with Crippen molar-refractivity contribution >= 4 is 22.8 Å². The SMILES string of the molecule is Cc1ccc(C(=O)Nc2cc(C(F)(F)F)ccn2)cc1C#Cc1ccc2c(c1)ncn2C1CC1. The summed E-state index contributed by atoms with van der Waals surface area (Å²) >= 11 is 0. The predicted molar refractivity (Wildman–Crippen MR) is 122 cm³/mol. The molecule has 1 amide bonds. The molecule has 2 heterocycles. The summed E-state index contributed by atoms with van der Waals surface area (Å²) in [5.74, 6) is 5.47. The van der Waals surface area contributed by atoms with E-state index in [1.165, 1.54) is 12.8 Å². The van der Waals surface area contributed by atoms with Gasteiger partial charge in [0.2, 0.25) is 0 Å². The maximum Gasteiger partial charge on any atom is 0.416 e. The first-order valence-electron chi connectivity index (χ1n) is 10.7. The number of aromatic nitrogens is 3. The number of carbonyl (C=O) groups is 1. The lowest BCUT2D eigenvalue weighted by Gasteiger charge is -2.09. The molecule has 170 valence electrons. The molecule has 1 aliphatic rings. The van der Waals surface area contributed by atoms with E-state index in [1.807, 2.05) is 31.5 Å². The van der Waals surface area contributed by atoms with E-state index in [4.69, 9.17) is 0 Å². The Balaban J connectivity index is 1.37. The lowest BCUT2D eigenvalue weighted by molar-refractivity contribution is -0.137. The molecule has 5 rings (SSSR count). The van der Waals surface area contributed by atoms with Gasteiger partial charge in [0.05, 0.1) is 22.9 Å². The fourth-order valence-electron chi connectivity index (χ4n) is 3.65. The van der Waals surface area contributed by atoms with Crippen LogP contribution in [-0.2, 0) is 6.18 Å². The number of rotatable bonds is 3. The van der Waals surface area contributed by atoms with Gasteiger partial charge in [0.15, 0.2) is 0 Å². The van der Waals surface area contributed by atoms with Gasteiger partial charge < -0.3 is 9.88 Å². The standard InChI is InChI=1S/C26H19F3N4O/c1-16-2-5-19(25(34)32-24-14-20(10-11-30-24)26(27,28)29)13-18(16)6-3-17-4-9-23-22(12-17)31-15-33(23)21-7-8-21/h2,4-5,9-15,21H,7-8H2,1H3,(H,30,32,34). The van der Waals surface area contributed by atoms with Crippen LogP contribution in [0.15, 0.2) is 61.1 Å². The summed E-state index contributed by atoms with van der Waals surface area (Å²) in [5.41, 5.74) is 3.69. The molecular formula is C26H19F3N4O. The smallest absolute Gasteiger partial charge is 0.327 e. The number of nitrogens with zero attached hydrogens (tertiary/aromatic N) is 3. The largest absolute Gasteiger partial charge is 0.416 e. The highest BCUT2D eigenvalue weighted by Gasteiger charge is 2.31. The Morgan fingerprint density at radius 1 is 1.06 bits per heavy atom. The van der Waals surface area contributed by atoms with E-state index in [9.17, 15) is 18.0 Å². The van der Waals surface area contributed by atoms with Crippen molar-refractivity contribution in [2.75, 3.05) is 5.32 Å². The molecule has 2 aromatic carbocycles. The average molecular weight is 460 g/mol. The number of hydrogen-bond donors (Lipinski definition) is 1. The number of carbonyl (C=O) groups excluding carboxylic acids is 1. The van der Waals surface area contributed by atoms with Crippen LogP contribution in [0.2, 0.25) is 0 Å². The van der Waals surface area contributed by atoms with Crippen LogP contribution in [0.1, 0.15) is 51.5 Å². The van der Waals surface area contributed by atoms with Gasteiger partial charge in [0.1, 0.15) is 5.82 Å². The van der Waals surface area contributed by atoms with Gasteiger partial charge in [-0.3, -0.25) is 4.79 Å². The molecule has 0 saturated heterocycles. The minimum Gasteiger partial charge on any atom is -0.327 e. The highest BCUT2D eigenvalue weighted by atomic mass is 19.4. The maximum absolute atomic E-state index is 12.9. The van der Waals surface area contributed by atoms with Gasteiger partial charge in [-0.2, -0.15) is 13.2 Å². The van der Waals surface area contributed by atoms with Gasteiger partial charge in [0.25, 0.3) is 5.91 Å². The Bertz CT molecular complexity index is 1470. The van der Waals surface area contributed by atoms with Gasteiger partial charge in [-0.25, -0.2) is 9.97 Å². The number of alkyl halides is 3. The fourth-order valence-corrected chi connectivity index (χ4v) is 3.65. The minimum absolute atomic E-state index is 0.174. The lowest BCUT2D eigenvalue weighted by atomic mass is 10.0.